The molecule has 4 aromatic rings. The summed E-state index contributed by atoms with van der Waals surface area (Å²) in [5.41, 5.74) is 2.23. The number of hydrogen-bond donors (Lipinski definition) is 1. The first kappa shape index (κ1) is 21.2. The van der Waals surface area contributed by atoms with Crippen molar-refractivity contribution >= 4 is 49.3 Å². The highest BCUT2D eigenvalue weighted by molar-refractivity contribution is 14.1. The number of anilines is 1. The van der Waals surface area contributed by atoms with Crippen molar-refractivity contribution in [2.45, 2.75) is 4.90 Å². The van der Waals surface area contributed by atoms with Crippen molar-refractivity contribution in [3.05, 3.63) is 82.2 Å². The van der Waals surface area contributed by atoms with E-state index in [1.807, 2.05) is 54.6 Å². The van der Waals surface area contributed by atoms with Crippen LogP contribution in [0.15, 0.2) is 78.0 Å². The maximum Gasteiger partial charge on any atom is 0.263 e. The maximum atomic E-state index is 12.5. The third kappa shape index (κ3) is 4.84. The van der Waals surface area contributed by atoms with E-state index in [0.29, 0.717) is 5.75 Å². The van der Waals surface area contributed by atoms with E-state index in [1.165, 1.54) is 24.5 Å². The average molecular weight is 560 g/mol. The number of sulfonamides is 1. The molecule has 154 valence electrons. The van der Waals surface area contributed by atoms with E-state index < -0.39 is 10.0 Å². The number of nitriles is 1. The Hall–Kier alpha value is -3.01. The van der Waals surface area contributed by atoms with Crippen LogP contribution in [-0.4, -0.2) is 17.8 Å². The first-order valence-corrected chi connectivity index (χ1v) is 12.2. The summed E-state index contributed by atoms with van der Waals surface area (Å²) in [5, 5.41) is 9.68. The molecule has 1 N–H and O–H groups in total. The van der Waals surface area contributed by atoms with Crippen molar-refractivity contribution in [2.24, 2.45) is 0 Å². The molecule has 1 aromatic heterocycles. The molecule has 0 saturated heterocycles. The molecule has 0 fully saturated rings. The van der Waals surface area contributed by atoms with Crippen molar-refractivity contribution in [2.75, 3.05) is 4.72 Å². The Morgan fingerprint density at radius 1 is 1.00 bits per heavy atom. The highest BCUT2D eigenvalue weighted by Gasteiger charge is 2.19. The number of nitrogens with zero attached hydrogens (tertiary/aromatic N) is 3. The Bertz CT molecular complexity index is 1370. The second-order valence-electron chi connectivity index (χ2n) is 6.23. The van der Waals surface area contributed by atoms with Crippen molar-refractivity contribution in [1.82, 2.24) is 9.36 Å². The van der Waals surface area contributed by atoms with Crippen LogP contribution in [0.25, 0.3) is 11.1 Å². The molecule has 0 spiro atoms. The zero-order valence-corrected chi connectivity index (χ0v) is 19.5. The zero-order chi connectivity index (χ0) is 21.8. The lowest BCUT2D eigenvalue weighted by molar-refractivity contribution is 0.477. The molecule has 4 rings (SSSR count). The summed E-state index contributed by atoms with van der Waals surface area (Å²) in [4.78, 5) is 3.74. The van der Waals surface area contributed by atoms with Crippen LogP contribution in [0.4, 0.5) is 5.13 Å². The number of halogens is 1. The summed E-state index contributed by atoms with van der Waals surface area (Å²) in [6.45, 7) is 0. The smallest absolute Gasteiger partial charge is 0.263 e. The van der Waals surface area contributed by atoms with Gasteiger partial charge in [-0.15, -0.1) is 0 Å². The highest BCUT2D eigenvalue weighted by atomic mass is 127. The van der Waals surface area contributed by atoms with Gasteiger partial charge in [0, 0.05) is 11.5 Å². The Labute approximate surface area is 196 Å². The lowest BCUT2D eigenvalue weighted by Crippen LogP contribution is -2.13. The number of aromatic nitrogens is 2. The molecule has 7 nitrogen and oxygen atoms in total. The minimum Gasteiger partial charge on any atom is -0.455 e. The third-order valence-electron chi connectivity index (χ3n) is 4.22. The van der Waals surface area contributed by atoms with E-state index in [-0.39, 0.29) is 21.3 Å². The first-order valence-electron chi connectivity index (χ1n) is 8.83. The van der Waals surface area contributed by atoms with Gasteiger partial charge in [-0.1, -0.05) is 36.4 Å². The fourth-order valence-electron chi connectivity index (χ4n) is 2.76. The van der Waals surface area contributed by atoms with Crippen molar-refractivity contribution in [3.63, 3.8) is 0 Å². The van der Waals surface area contributed by atoms with E-state index in [2.05, 4.69) is 36.7 Å². The molecule has 31 heavy (non-hydrogen) atoms. The van der Waals surface area contributed by atoms with Crippen LogP contribution in [0.5, 0.6) is 11.5 Å². The van der Waals surface area contributed by atoms with Gasteiger partial charge in [0.2, 0.25) is 5.13 Å². The van der Waals surface area contributed by atoms with E-state index in [1.54, 1.807) is 0 Å². The molecule has 1 heterocycles. The molecule has 0 aliphatic heterocycles. The van der Waals surface area contributed by atoms with Gasteiger partial charge < -0.3 is 4.74 Å². The molecule has 0 saturated carbocycles. The van der Waals surface area contributed by atoms with Gasteiger partial charge in [-0.05, 0) is 64.0 Å². The van der Waals surface area contributed by atoms with E-state index in [0.717, 1.165) is 26.2 Å². The number of ether oxygens (including phenoxy) is 1. The SMILES string of the molecule is N#Cc1cc(S(=O)(=O)Nc2ncns2)ccc1Oc1ccc(-c2ccccc2)cc1I. The van der Waals surface area contributed by atoms with Crippen LogP contribution >= 0.6 is 34.1 Å². The van der Waals surface area contributed by atoms with Gasteiger partial charge in [-0.2, -0.15) is 9.64 Å². The Morgan fingerprint density at radius 3 is 2.45 bits per heavy atom. The van der Waals surface area contributed by atoms with Gasteiger partial charge in [0.15, 0.2) is 0 Å². The normalized spacial score (nSPS) is 11.0. The molecule has 10 heteroatoms. The maximum absolute atomic E-state index is 12.5. The van der Waals surface area contributed by atoms with Crippen LogP contribution in [0, 0.1) is 14.9 Å². The quantitative estimate of drug-likeness (QED) is 0.322. The van der Waals surface area contributed by atoms with Gasteiger partial charge in [-0.3, -0.25) is 4.72 Å². The molecule has 0 unspecified atom stereocenters. The van der Waals surface area contributed by atoms with Crippen LogP contribution in [-0.2, 0) is 10.0 Å². The molecule has 0 aliphatic carbocycles. The summed E-state index contributed by atoms with van der Waals surface area (Å²) in [6, 6.07) is 21.8. The average Bonchev–Trinajstić information content (AvgIpc) is 3.28. The highest BCUT2D eigenvalue weighted by Crippen LogP contribution is 2.33. The number of rotatable bonds is 6. The van der Waals surface area contributed by atoms with Crippen molar-refractivity contribution < 1.29 is 13.2 Å². The predicted octanol–water partition coefficient (Wildman–Crippen LogP) is 5.27. The van der Waals surface area contributed by atoms with Gasteiger partial charge in [0.1, 0.15) is 23.9 Å². The second kappa shape index (κ2) is 9.01. The molecule has 0 radical (unpaired) electrons. The molecule has 0 aliphatic rings. The summed E-state index contributed by atoms with van der Waals surface area (Å²) in [7, 11) is -3.90. The lowest BCUT2D eigenvalue weighted by atomic mass is 10.1. The van der Waals surface area contributed by atoms with Crippen LogP contribution in [0.3, 0.4) is 0 Å². The molecular formula is C21H13IN4O3S2. The van der Waals surface area contributed by atoms with Crippen LogP contribution in [0.2, 0.25) is 0 Å². The standard InChI is InChI=1S/C21H13IN4O3S2/c22-18-11-15(14-4-2-1-3-5-14)6-8-20(18)29-19-9-7-17(10-16(19)12-23)31(27,28)26-21-24-13-25-30-21/h1-11,13H,(H,24,25,26). The third-order valence-corrected chi connectivity index (χ3v) is 7.11. The largest absolute Gasteiger partial charge is 0.455 e. The van der Waals surface area contributed by atoms with Crippen molar-refractivity contribution in [1.29, 1.82) is 5.26 Å². The molecular weight excluding hydrogens is 547 g/mol. The van der Waals surface area contributed by atoms with E-state index >= 15 is 0 Å². The fraction of sp³-hybridized carbons (Fsp3) is 0. The zero-order valence-electron chi connectivity index (χ0n) is 15.7. The van der Waals surface area contributed by atoms with Gasteiger partial charge >= 0.3 is 0 Å². The predicted molar refractivity (Wildman–Crippen MR) is 127 cm³/mol. The molecule has 3 aromatic carbocycles. The monoisotopic (exact) mass is 560 g/mol. The van der Waals surface area contributed by atoms with Crippen LogP contribution in [0.1, 0.15) is 5.56 Å². The summed E-state index contributed by atoms with van der Waals surface area (Å²) in [5.74, 6) is 0.835. The summed E-state index contributed by atoms with van der Waals surface area (Å²) >= 11 is 3.09. The minimum absolute atomic E-state index is 0.0688. The minimum atomic E-state index is -3.90. The molecule has 0 bridgehead atoms. The second-order valence-corrected chi connectivity index (χ2v) is 9.86. The van der Waals surface area contributed by atoms with Gasteiger partial charge in [-0.25, -0.2) is 13.4 Å². The lowest BCUT2D eigenvalue weighted by Gasteiger charge is -2.12. The fourth-order valence-corrected chi connectivity index (χ4v) is 5.07. The Kier molecular flexibility index (Phi) is 6.17. The summed E-state index contributed by atoms with van der Waals surface area (Å²) in [6.07, 6.45) is 1.25. The van der Waals surface area contributed by atoms with Crippen molar-refractivity contribution in [3.8, 4) is 28.7 Å². The molecule has 0 amide bonds. The topological polar surface area (TPSA) is 105 Å². The number of benzene rings is 3. The van der Waals surface area contributed by atoms with E-state index in [9.17, 15) is 13.7 Å². The first-order chi connectivity index (χ1) is 15.0. The molecule has 0 atom stereocenters. The van der Waals surface area contributed by atoms with Crippen LogP contribution < -0.4 is 9.46 Å². The number of nitrogens with one attached hydrogen (secondary N) is 1. The van der Waals surface area contributed by atoms with E-state index in [4.69, 9.17) is 4.74 Å². The van der Waals surface area contributed by atoms with Gasteiger partial charge in [0.05, 0.1) is 14.0 Å². The Balaban J connectivity index is 1.60. The number of hydrogen-bond acceptors (Lipinski definition) is 7. The Morgan fingerprint density at radius 2 is 1.77 bits per heavy atom. The van der Waals surface area contributed by atoms with Gasteiger partial charge in [0.25, 0.3) is 10.0 Å². The summed E-state index contributed by atoms with van der Waals surface area (Å²) < 4.78 is 38.0.